The van der Waals surface area contributed by atoms with E-state index >= 15 is 0 Å². The Bertz CT molecular complexity index is 849. The number of H-pyrrole nitrogens is 1. The molecule has 0 radical (unpaired) electrons. The van der Waals surface area contributed by atoms with E-state index in [9.17, 15) is 14.7 Å². The largest absolute Gasteiger partial charge is 0.389 e. The van der Waals surface area contributed by atoms with Gasteiger partial charge in [-0.1, -0.05) is 19.9 Å². The van der Waals surface area contributed by atoms with Crippen molar-refractivity contribution in [1.29, 1.82) is 0 Å². The number of imidazole rings is 1. The highest BCUT2D eigenvalue weighted by atomic mass is 16.5. The summed E-state index contributed by atoms with van der Waals surface area (Å²) in [5.41, 5.74) is -0.579. The molecular weight excluding hydrogens is 326 g/mol. The molecule has 9 heteroatoms. The summed E-state index contributed by atoms with van der Waals surface area (Å²) in [5, 5.41) is 13.4. The van der Waals surface area contributed by atoms with Gasteiger partial charge in [0.05, 0.1) is 25.9 Å². The molecule has 2 heterocycles. The molecule has 138 valence electrons. The summed E-state index contributed by atoms with van der Waals surface area (Å²) in [6.45, 7) is 8.80. The normalized spacial score (nSPS) is 12.7. The summed E-state index contributed by atoms with van der Waals surface area (Å²) in [6, 6.07) is 0. The van der Waals surface area contributed by atoms with Gasteiger partial charge in [0.2, 0.25) is 5.95 Å². The van der Waals surface area contributed by atoms with Crippen LogP contribution in [0.3, 0.4) is 0 Å². The first-order valence-corrected chi connectivity index (χ1v) is 8.15. The van der Waals surface area contributed by atoms with E-state index < -0.39 is 17.4 Å². The van der Waals surface area contributed by atoms with Gasteiger partial charge in [-0.2, -0.15) is 4.98 Å². The van der Waals surface area contributed by atoms with E-state index in [-0.39, 0.29) is 24.3 Å². The van der Waals surface area contributed by atoms with Gasteiger partial charge < -0.3 is 19.7 Å². The molecule has 25 heavy (non-hydrogen) atoms. The Morgan fingerprint density at radius 3 is 2.80 bits per heavy atom. The number of fused-ring (bicyclic) bond motifs is 1. The minimum Gasteiger partial charge on any atom is -0.389 e. The molecule has 0 saturated heterocycles. The van der Waals surface area contributed by atoms with Crippen LogP contribution in [0.2, 0.25) is 0 Å². The highest BCUT2D eigenvalue weighted by Gasteiger charge is 2.19. The number of nitrogens with zero attached hydrogens (tertiary/aromatic N) is 3. The fourth-order valence-corrected chi connectivity index (χ4v) is 2.39. The molecule has 0 aliphatic rings. The maximum Gasteiger partial charge on any atom is 0.329 e. The Labute approximate surface area is 145 Å². The van der Waals surface area contributed by atoms with Crippen molar-refractivity contribution in [3.63, 3.8) is 0 Å². The molecule has 1 atom stereocenters. The summed E-state index contributed by atoms with van der Waals surface area (Å²) in [4.78, 5) is 30.7. The minimum atomic E-state index is -0.839. The smallest absolute Gasteiger partial charge is 0.329 e. The van der Waals surface area contributed by atoms with Crippen LogP contribution in [0.5, 0.6) is 0 Å². The fourth-order valence-electron chi connectivity index (χ4n) is 2.39. The van der Waals surface area contributed by atoms with Crippen molar-refractivity contribution in [3.8, 4) is 0 Å². The van der Waals surface area contributed by atoms with Crippen molar-refractivity contribution in [1.82, 2.24) is 19.1 Å². The third-order valence-electron chi connectivity index (χ3n) is 3.61. The molecule has 0 spiro atoms. The first-order chi connectivity index (χ1) is 11.8. The number of aromatic amines is 1. The van der Waals surface area contributed by atoms with E-state index in [1.165, 1.54) is 11.6 Å². The topological polar surface area (TPSA) is 114 Å². The Balaban J connectivity index is 2.44. The number of hydrogen-bond acceptors (Lipinski definition) is 6. The summed E-state index contributed by atoms with van der Waals surface area (Å²) >= 11 is 0. The molecule has 0 saturated carbocycles. The van der Waals surface area contributed by atoms with Gasteiger partial charge >= 0.3 is 5.69 Å². The van der Waals surface area contributed by atoms with Crippen LogP contribution >= 0.6 is 0 Å². The third kappa shape index (κ3) is 4.37. The van der Waals surface area contributed by atoms with E-state index in [4.69, 9.17) is 4.74 Å². The highest BCUT2D eigenvalue weighted by Crippen LogP contribution is 2.16. The molecule has 0 fully saturated rings. The van der Waals surface area contributed by atoms with E-state index in [0.29, 0.717) is 25.0 Å². The lowest BCUT2D eigenvalue weighted by Crippen LogP contribution is -2.30. The number of rotatable bonds is 9. The van der Waals surface area contributed by atoms with Crippen LogP contribution in [0.1, 0.15) is 13.8 Å². The molecule has 0 bridgehead atoms. The number of aliphatic hydroxyl groups excluding tert-OH is 1. The Morgan fingerprint density at radius 1 is 1.44 bits per heavy atom. The lowest BCUT2D eigenvalue weighted by molar-refractivity contribution is 0.0405. The van der Waals surface area contributed by atoms with Gasteiger partial charge in [-0.3, -0.25) is 14.3 Å². The molecule has 0 aromatic carbocycles. The third-order valence-corrected chi connectivity index (χ3v) is 3.61. The van der Waals surface area contributed by atoms with Crippen LogP contribution in [0.4, 0.5) is 5.95 Å². The lowest BCUT2D eigenvalue weighted by atomic mass is 10.2. The van der Waals surface area contributed by atoms with Crippen LogP contribution < -0.4 is 16.6 Å². The van der Waals surface area contributed by atoms with Crippen molar-refractivity contribution >= 4 is 17.1 Å². The zero-order valence-corrected chi connectivity index (χ0v) is 14.8. The number of hydrogen-bond donors (Lipinski definition) is 3. The first-order valence-electron chi connectivity index (χ1n) is 8.15. The summed E-state index contributed by atoms with van der Waals surface area (Å²) in [5.74, 6) is 0.786. The quantitative estimate of drug-likeness (QED) is 0.435. The Kier molecular flexibility index (Phi) is 6.16. The molecule has 1 unspecified atom stereocenters. The van der Waals surface area contributed by atoms with E-state index in [2.05, 4.69) is 21.9 Å². The number of nitrogens with one attached hydrogen (secondary N) is 2. The average molecular weight is 351 g/mol. The van der Waals surface area contributed by atoms with Gasteiger partial charge in [0, 0.05) is 13.6 Å². The maximum atomic E-state index is 12.3. The van der Waals surface area contributed by atoms with E-state index in [0.717, 1.165) is 0 Å². The van der Waals surface area contributed by atoms with E-state index in [1.807, 2.05) is 13.8 Å². The predicted octanol–water partition coefficient (Wildman–Crippen LogP) is 0.0547. The molecule has 3 N–H and O–H groups in total. The van der Waals surface area contributed by atoms with Crippen LogP contribution in [0.15, 0.2) is 22.2 Å². The van der Waals surface area contributed by atoms with Crippen molar-refractivity contribution in [3.05, 3.63) is 33.5 Å². The second-order valence-corrected chi connectivity index (χ2v) is 6.29. The SMILES string of the molecule is C=CCOCC(O)Cn1c(NCC(C)C)nc2c1c(=O)[nH]c(=O)n2C. The zero-order valence-electron chi connectivity index (χ0n) is 14.8. The number of aryl methyl sites for hydroxylation is 1. The summed E-state index contributed by atoms with van der Waals surface area (Å²) in [7, 11) is 1.54. The standard InChI is InChI=1S/C16H25N5O4/c1-5-6-25-9-11(22)8-21-12-13(18-15(21)17-7-10(2)3)20(4)16(24)19-14(12)23/h5,10-11,22H,1,6-9H2,2-4H3,(H,17,18)(H,19,23,24). The van der Waals surface area contributed by atoms with Gasteiger partial charge in [-0.25, -0.2) is 4.79 Å². The molecule has 0 aliphatic heterocycles. The van der Waals surface area contributed by atoms with Crippen LogP contribution in [0, 0.1) is 5.92 Å². The summed E-state index contributed by atoms with van der Waals surface area (Å²) < 4.78 is 8.11. The van der Waals surface area contributed by atoms with Crippen molar-refractivity contribution < 1.29 is 9.84 Å². The molecule has 2 aromatic rings. The highest BCUT2D eigenvalue weighted by molar-refractivity contribution is 5.74. The molecule has 0 aliphatic carbocycles. The number of aromatic nitrogens is 4. The van der Waals surface area contributed by atoms with Gasteiger partial charge in [0.25, 0.3) is 5.56 Å². The van der Waals surface area contributed by atoms with Crippen LogP contribution in [0.25, 0.3) is 11.2 Å². The molecular formula is C16H25N5O4. The monoisotopic (exact) mass is 351 g/mol. The van der Waals surface area contributed by atoms with Crippen LogP contribution in [-0.4, -0.2) is 50.1 Å². The molecule has 2 rings (SSSR count). The van der Waals surface area contributed by atoms with Gasteiger partial charge in [-0.05, 0) is 5.92 Å². The van der Waals surface area contributed by atoms with Crippen LogP contribution in [-0.2, 0) is 18.3 Å². The van der Waals surface area contributed by atoms with E-state index in [1.54, 1.807) is 10.6 Å². The Morgan fingerprint density at radius 2 is 2.16 bits per heavy atom. The number of ether oxygens (including phenoxy) is 1. The predicted molar refractivity (Wildman–Crippen MR) is 95.9 cm³/mol. The average Bonchev–Trinajstić information content (AvgIpc) is 2.90. The Hall–Kier alpha value is -2.39. The first kappa shape index (κ1) is 18.9. The van der Waals surface area contributed by atoms with Crippen molar-refractivity contribution in [2.45, 2.75) is 26.5 Å². The van der Waals surface area contributed by atoms with Gasteiger partial charge in [0.1, 0.15) is 0 Å². The van der Waals surface area contributed by atoms with Gasteiger partial charge in [-0.15, -0.1) is 6.58 Å². The van der Waals surface area contributed by atoms with Crippen molar-refractivity contribution in [2.24, 2.45) is 13.0 Å². The second kappa shape index (κ2) is 8.13. The lowest BCUT2D eigenvalue weighted by Gasteiger charge is -2.15. The minimum absolute atomic E-state index is 0.0962. The number of anilines is 1. The second-order valence-electron chi connectivity index (χ2n) is 6.29. The number of aliphatic hydroxyl groups is 1. The zero-order chi connectivity index (χ0) is 18.6. The van der Waals surface area contributed by atoms with Crippen molar-refractivity contribution in [2.75, 3.05) is 25.1 Å². The summed E-state index contributed by atoms with van der Waals surface area (Å²) in [6.07, 6.45) is 0.753. The molecule has 9 nitrogen and oxygen atoms in total. The molecule has 0 amide bonds. The maximum absolute atomic E-state index is 12.3. The fraction of sp³-hybridized carbons (Fsp3) is 0.562. The van der Waals surface area contributed by atoms with Gasteiger partial charge in [0.15, 0.2) is 11.2 Å². The molecule has 2 aromatic heterocycles.